The van der Waals surface area contributed by atoms with Crippen molar-refractivity contribution in [3.8, 4) is 0 Å². The van der Waals surface area contributed by atoms with Gasteiger partial charge in [-0.1, -0.05) is 35.1 Å². The predicted molar refractivity (Wildman–Crippen MR) is 133 cm³/mol. The number of thioether (sulfide) groups is 1. The maximum absolute atomic E-state index is 13.1. The molecule has 0 radical (unpaired) electrons. The lowest BCUT2D eigenvalue weighted by molar-refractivity contribution is -0.116. The van der Waals surface area contributed by atoms with E-state index in [-0.39, 0.29) is 29.0 Å². The highest BCUT2D eigenvalue weighted by Gasteiger charge is 2.22. The van der Waals surface area contributed by atoms with Crippen LogP contribution in [0, 0.1) is 6.92 Å². The van der Waals surface area contributed by atoms with E-state index in [4.69, 9.17) is 0 Å². The highest BCUT2D eigenvalue weighted by molar-refractivity contribution is 8.00. The summed E-state index contributed by atoms with van der Waals surface area (Å²) in [6.45, 7) is 3.19. The maximum Gasteiger partial charge on any atom is 0.239 e. The maximum atomic E-state index is 13.1. The van der Waals surface area contributed by atoms with Crippen LogP contribution in [0.4, 0.5) is 5.13 Å². The SMILES string of the molecule is Cc1ccc(SCC(=O)N(CCN(C)C)c2nc3c(S(C)(=O)=O)cccc3s2)cc1.Cl. The molecule has 6 nitrogen and oxygen atoms in total. The fraction of sp³-hybridized carbons (Fsp3) is 0.333. The van der Waals surface area contributed by atoms with Crippen molar-refractivity contribution in [1.82, 2.24) is 9.88 Å². The van der Waals surface area contributed by atoms with E-state index in [1.165, 1.54) is 34.9 Å². The first-order chi connectivity index (χ1) is 14.1. The molecule has 0 atom stereocenters. The standard InChI is InChI=1S/C21H25N3O3S3.ClH/c1-15-8-10-16(11-9-15)28-14-19(25)24(13-12-23(2)3)21-22-20-17(29-21)6-5-7-18(20)30(4,26)27;/h5-11H,12-14H2,1-4H3;1H. The number of anilines is 1. The normalized spacial score (nSPS) is 11.5. The lowest BCUT2D eigenvalue weighted by Gasteiger charge is -2.21. The van der Waals surface area contributed by atoms with Crippen LogP contribution in [-0.4, -0.2) is 63.4 Å². The van der Waals surface area contributed by atoms with Crippen molar-refractivity contribution in [3.63, 3.8) is 0 Å². The first kappa shape index (κ1) is 25.6. The molecular formula is C21H26ClN3O3S3. The molecule has 31 heavy (non-hydrogen) atoms. The summed E-state index contributed by atoms with van der Waals surface area (Å²) in [6.07, 6.45) is 1.17. The number of carbonyl (C=O) groups excluding carboxylic acids is 1. The summed E-state index contributed by atoms with van der Waals surface area (Å²) in [5.74, 6) is 0.230. The number of hydrogen-bond acceptors (Lipinski definition) is 7. The molecule has 3 rings (SSSR count). The van der Waals surface area contributed by atoms with Gasteiger partial charge in [-0.25, -0.2) is 13.4 Å². The van der Waals surface area contributed by atoms with Gasteiger partial charge >= 0.3 is 0 Å². The molecule has 1 amide bonds. The number of aryl methyl sites for hydroxylation is 1. The van der Waals surface area contributed by atoms with Crippen molar-refractivity contribution in [3.05, 3.63) is 48.0 Å². The van der Waals surface area contributed by atoms with Gasteiger partial charge in [-0.05, 0) is 45.3 Å². The number of rotatable bonds is 8. The first-order valence-corrected chi connectivity index (χ1v) is 13.1. The molecule has 0 aliphatic carbocycles. The van der Waals surface area contributed by atoms with Crippen LogP contribution < -0.4 is 4.90 Å². The summed E-state index contributed by atoms with van der Waals surface area (Å²) >= 11 is 2.83. The molecule has 0 saturated carbocycles. The van der Waals surface area contributed by atoms with Crippen molar-refractivity contribution < 1.29 is 13.2 Å². The average molecular weight is 500 g/mol. The molecule has 2 aromatic carbocycles. The quantitative estimate of drug-likeness (QED) is 0.434. The van der Waals surface area contributed by atoms with Crippen molar-refractivity contribution in [2.24, 2.45) is 0 Å². The van der Waals surface area contributed by atoms with Gasteiger partial charge in [0.05, 0.1) is 15.3 Å². The van der Waals surface area contributed by atoms with Gasteiger partial charge in [0, 0.05) is 24.2 Å². The number of hydrogen-bond donors (Lipinski definition) is 0. The summed E-state index contributed by atoms with van der Waals surface area (Å²) in [7, 11) is 0.487. The highest BCUT2D eigenvalue weighted by Crippen LogP contribution is 2.33. The van der Waals surface area contributed by atoms with Gasteiger partial charge in [0.2, 0.25) is 5.91 Å². The van der Waals surface area contributed by atoms with E-state index in [0.717, 1.165) is 9.60 Å². The van der Waals surface area contributed by atoms with Crippen LogP contribution in [0.1, 0.15) is 5.56 Å². The number of para-hydroxylation sites is 1. The molecule has 3 aromatic rings. The molecule has 0 aliphatic rings. The van der Waals surface area contributed by atoms with Crippen LogP contribution in [0.25, 0.3) is 10.2 Å². The minimum absolute atomic E-state index is 0. The Labute approximate surface area is 198 Å². The molecule has 1 heterocycles. The molecule has 1 aromatic heterocycles. The molecule has 0 aliphatic heterocycles. The van der Waals surface area contributed by atoms with E-state index in [2.05, 4.69) is 4.98 Å². The minimum atomic E-state index is -3.41. The Morgan fingerprint density at radius 3 is 2.39 bits per heavy atom. The third-order valence-electron chi connectivity index (χ3n) is 4.46. The summed E-state index contributed by atoms with van der Waals surface area (Å²) in [6, 6.07) is 13.2. The van der Waals surface area contributed by atoms with E-state index in [0.29, 0.717) is 23.7 Å². The van der Waals surface area contributed by atoms with Gasteiger partial charge in [0.15, 0.2) is 15.0 Å². The zero-order valence-corrected chi connectivity index (χ0v) is 21.1. The average Bonchev–Trinajstić information content (AvgIpc) is 3.10. The van der Waals surface area contributed by atoms with Crippen LogP contribution >= 0.6 is 35.5 Å². The van der Waals surface area contributed by atoms with Crippen LogP contribution in [0.15, 0.2) is 52.3 Å². The number of sulfone groups is 1. The molecule has 0 bridgehead atoms. The largest absolute Gasteiger partial charge is 0.308 e. The Morgan fingerprint density at radius 1 is 1.10 bits per heavy atom. The molecule has 0 spiro atoms. The molecule has 0 N–H and O–H groups in total. The van der Waals surface area contributed by atoms with E-state index >= 15 is 0 Å². The van der Waals surface area contributed by atoms with Crippen molar-refractivity contribution in [2.45, 2.75) is 16.7 Å². The molecule has 0 unspecified atom stereocenters. The summed E-state index contributed by atoms with van der Waals surface area (Å²) < 4.78 is 25.0. The van der Waals surface area contributed by atoms with Gasteiger partial charge in [-0.15, -0.1) is 24.2 Å². The third kappa shape index (κ3) is 6.66. The minimum Gasteiger partial charge on any atom is -0.308 e. The second-order valence-corrected chi connectivity index (χ2v) is 11.4. The fourth-order valence-electron chi connectivity index (χ4n) is 2.81. The van der Waals surface area contributed by atoms with Gasteiger partial charge < -0.3 is 4.90 Å². The molecule has 0 saturated heterocycles. The topological polar surface area (TPSA) is 70.6 Å². The van der Waals surface area contributed by atoms with Gasteiger partial charge in [-0.3, -0.25) is 9.69 Å². The van der Waals surface area contributed by atoms with Crippen LogP contribution in [0.5, 0.6) is 0 Å². The van der Waals surface area contributed by atoms with Gasteiger partial charge in [0.25, 0.3) is 0 Å². The number of amides is 1. The summed E-state index contributed by atoms with van der Waals surface area (Å²) in [5, 5.41) is 0.525. The van der Waals surface area contributed by atoms with E-state index < -0.39 is 9.84 Å². The number of nitrogens with zero attached hydrogens (tertiary/aromatic N) is 3. The Kier molecular flexibility index (Phi) is 8.91. The predicted octanol–water partition coefficient (Wildman–Crippen LogP) is 4.12. The second-order valence-electron chi connectivity index (χ2n) is 7.32. The lowest BCUT2D eigenvalue weighted by atomic mass is 10.2. The second kappa shape index (κ2) is 10.8. The number of benzene rings is 2. The van der Waals surface area contributed by atoms with E-state index in [1.807, 2.05) is 56.3 Å². The van der Waals surface area contributed by atoms with Crippen LogP contribution in [-0.2, 0) is 14.6 Å². The first-order valence-electron chi connectivity index (χ1n) is 9.39. The third-order valence-corrected chi connectivity index (χ3v) is 7.62. The number of halogens is 1. The van der Waals surface area contributed by atoms with E-state index in [9.17, 15) is 13.2 Å². The summed E-state index contributed by atoms with van der Waals surface area (Å²) in [5.41, 5.74) is 1.60. The molecule has 168 valence electrons. The molecular weight excluding hydrogens is 474 g/mol. The number of likely N-dealkylation sites (N-methyl/N-ethyl adjacent to an activating group) is 1. The Morgan fingerprint density at radius 2 is 1.77 bits per heavy atom. The molecule has 0 fully saturated rings. The van der Waals surface area contributed by atoms with Crippen LogP contribution in [0.3, 0.4) is 0 Å². The monoisotopic (exact) mass is 499 g/mol. The number of thiazole rings is 1. The Hall–Kier alpha value is -1.65. The smallest absolute Gasteiger partial charge is 0.239 e. The molecule has 10 heteroatoms. The zero-order valence-electron chi connectivity index (χ0n) is 17.9. The lowest BCUT2D eigenvalue weighted by Crippen LogP contribution is -2.37. The fourth-order valence-corrected chi connectivity index (χ4v) is 5.52. The van der Waals surface area contributed by atoms with E-state index in [1.54, 1.807) is 17.0 Å². The zero-order chi connectivity index (χ0) is 21.9. The van der Waals surface area contributed by atoms with Crippen LogP contribution in [0.2, 0.25) is 0 Å². The Balaban J connectivity index is 0.00000341. The highest BCUT2D eigenvalue weighted by atomic mass is 35.5. The van der Waals surface area contributed by atoms with Crippen molar-refractivity contribution in [1.29, 1.82) is 0 Å². The Bertz CT molecular complexity index is 1150. The van der Waals surface area contributed by atoms with Crippen molar-refractivity contribution in [2.75, 3.05) is 44.1 Å². The summed E-state index contributed by atoms with van der Waals surface area (Å²) in [4.78, 5) is 22.5. The number of fused-ring (bicyclic) bond motifs is 1. The number of carbonyl (C=O) groups is 1. The van der Waals surface area contributed by atoms with Gasteiger partial charge in [0.1, 0.15) is 5.52 Å². The van der Waals surface area contributed by atoms with Crippen molar-refractivity contribution >= 4 is 66.6 Å². The van der Waals surface area contributed by atoms with Gasteiger partial charge in [-0.2, -0.15) is 0 Å². The number of aromatic nitrogens is 1.